The van der Waals surface area contributed by atoms with Crippen LogP contribution in [0.15, 0.2) is 42.6 Å². The summed E-state index contributed by atoms with van der Waals surface area (Å²) in [5.74, 6) is -0.910. The Labute approximate surface area is 129 Å². The summed E-state index contributed by atoms with van der Waals surface area (Å²) in [6.45, 7) is 4.59. The molecule has 4 heteroatoms. The molecule has 22 heavy (non-hydrogen) atoms. The Balaban J connectivity index is 2.25. The van der Waals surface area contributed by atoms with Crippen LogP contribution in [-0.2, 0) is 13.0 Å². The Bertz CT molecular complexity index is 835. The van der Waals surface area contributed by atoms with Gasteiger partial charge in [0, 0.05) is 11.6 Å². The van der Waals surface area contributed by atoms with Gasteiger partial charge in [-0.05, 0) is 43.2 Å². The van der Waals surface area contributed by atoms with E-state index in [1.165, 1.54) is 5.56 Å². The second kappa shape index (κ2) is 5.64. The van der Waals surface area contributed by atoms with Gasteiger partial charge in [-0.15, -0.1) is 0 Å². The minimum Gasteiger partial charge on any atom is -0.477 e. The molecule has 0 atom stereocenters. The molecule has 3 rings (SSSR count). The number of hydrogen-bond acceptors (Lipinski definition) is 2. The van der Waals surface area contributed by atoms with Crippen LogP contribution in [-0.4, -0.2) is 20.6 Å². The molecular weight excluding hydrogens is 276 g/mol. The van der Waals surface area contributed by atoms with E-state index in [0.717, 1.165) is 28.6 Å². The van der Waals surface area contributed by atoms with Gasteiger partial charge in [0.2, 0.25) is 0 Å². The van der Waals surface area contributed by atoms with Gasteiger partial charge in [0.25, 0.3) is 0 Å². The van der Waals surface area contributed by atoms with Crippen molar-refractivity contribution in [1.82, 2.24) is 9.55 Å². The third-order valence-electron chi connectivity index (χ3n) is 3.86. The van der Waals surface area contributed by atoms with Crippen LogP contribution in [0.2, 0.25) is 0 Å². The SMILES string of the molecule is CCc1cc(C)cc2cc(C(=O)O)n(Cc3ccccn3)c12. The highest BCUT2D eigenvalue weighted by atomic mass is 16.4. The molecule has 0 bridgehead atoms. The predicted molar refractivity (Wildman–Crippen MR) is 86.4 cm³/mol. The Kier molecular flexibility index (Phi) is 3.67. The molecule has 0 radical (unpaired) electrons. The monoisotopic (exact) mass is 294 g/mol. The van der Waals surface area contributed by atoms with Crippen molar-refractivity contribution in [2.24, 2.45) is 0 Å². The first-order valence-corrected chi connectivity index (χ1v) is 7.36. The van der Waals surface area contributed by atoms with E-state index in [1.54, 1.807) is 12.3 Å². The minimum absolute atomic E-state index is 0.306. The molecule has 0 aliphatic carbocycles. The minimum atomic E-state index is -0.910. The average molecular weight is 294 g/mol. The highest BCUT2D eigenvalue weighted by molar-refractivity contribution is 5.96. The van der Waals surface area contributed by atoms with Crippen LogP contribution in [0.5, 0.6) is 0 Å². The smallest absolute Gasteiger partial charge is 0.352 e. The highest BCUT2D eigenvalue weighted by Gasteiger charge is 2.17. The fourth-order valence-electron chi connectivity index (χ4n) is 2.93. The summed E-state index contributed by atoms with van der Waals surface area (Å²) in [5.41, 5.74) is 4.47. The number of aromatic carboxylic acids is 1. The number of rotatable bonds is 4. The van der Waals surface area contributed by atoms with Gasteiger partial charge >= 0.3 is 5.97 Å². The van der Waals surface area contributed by atoms with E-state index in [1.807, 2.05) is 35.8 Å². The number of aromatic nitrogens is 2. The van der Waals surface area contributed by atoms with Crippen molar-refractivity contribution in [2.45, 2.75) is 26.8 Å². The molecule has 0 amide bonds. The molecule has 112 valence electrons. The number of aryl methyl sites for hydroxylation is 2. The maximum Gasteiger partial charge on any atom is 0.352 e. The van der Waals surface area contributed by atoms with Gasteiger partial charge < -0.3 is 9.67 Å². The summed E-state index contributed by atoms with van der Waals surface area (Å²) in [6.07, 6.45) is 2.59. The molecule has 0 aliphatic heterocycles. The molecule has 1 N–H and O–H groups in total. The second-order valence-corrected chi connectivity index (χ2v) is 5.46. The van der Waals surface area contributed by atoms with E-state index in [9.17, 15) is 9.90 Å². The van der Waals surface area contributed by atoms with E-state index in [2.05, 4.69) is 18.0 Å². The van der Waals surface area contributed by atoms with E-state index in [0.29, 0.717) is 12.2 Å². The third kappa shape index (κ3) is 2.48. The van der Waals surface area contributed by atoms with Gasteiger partial charge in [-0.2, -0.15) is 0 Å². The Morgan fingerprint density at radius 2 is 2.09 bits per heavy atom. The van der Waals surface area contributed by atoms with Crippen molar-refractivity contribution in [3.05, 3.63) is 65.1 Å². The van der Waals surface area contributed by atoms with Gasteiger partial charge in [0.05, 0.1) is 17.8 Å². The first-order chi connectivity index (χ1) is 10.6. The van der Waals surface area contributed by atoms with Crippen molar-refractivity contribution in [3.63, 3.8) is 0 Å². The number of carboxylic acid groups (broad SMARTS) is 1. The maximum atomic E-state index is 11.6. The molecule has 0 saturated heterocycles. The zero-order valence-corrected chi connectivity index (χ0v) is 12.7. The Hall–Kier alpha value is -2.62. The molecular formula is C18H18N2O2. The average Bonchev–Trinajstić information content (AvgIpc) is 2.86. The van der Waals surface area contributed by atoms with Crippen LogP contribution in [0, 0.1) is 6.92 Å². The first-order valence-electron chi connectivity index (χ1n) is 7.36. The molecule has 0 fully saturated rings. The van der Waals surface area contributed by atoms with Crippen molar-refractivity contribution in [1.29, 1.82) is 0 Å². The summed E-state index contributed by atoms with van der Waals surface area (Å²) in [5, 5.41) is 10.5. The first kappa shape index (κ1) is 14.3. The zero-order valence-electron chi connectivity index (χ0n) is 12.7. The van der Waals surface area contributed by atoms with Crippen LogP contribution in [0.3, 0.4) is 0 Å². The lowest BCUT2D eigenvalue weighted by molar-refractivity contribution is 0.0686. The second-order valence-electron chi connectivity index (χ2n) is 5.46. The van der Waals surface area contributed by atoms with E-state index < -0.39 is 5.97 Å². The molecule has 2 heterocycles. The summed E-state index contributed by atoms with van der Waals surface area (Å²) in [6, 6.07) is 11.6. The molecule has 3 aromatic rings. The van der Waals surface area contributed by atoms with Crippen molar-refractivity contribution in [3.8, 4) is 0 Å². The number of carboxylic acids is 1. The normalized spacial score (nSPS) is 11.0. The number of benzene rings is 1. The highest BCUT2D eigenvalue weighted by Crippen LogP contribution is 2.26. The van der Waals surface area contributed by atoms with Crippen molar-refractivity contribution in [2.75, 3.05) is 0 Å². The number of fused-ring (bicyclic) bond motifs is 1. The summed E-state index contributed by atoms with van der Waals surface area (Å²) >= 11 is 0. The van der Waals surface area contributed by atoms with E-state index in [-0.39, 0.29) is 0 Å². The molecule has 1 aromatic carbocycles. The van der Waals surface area contributed by atoms with Crippen molar-refractivity contribution < 1.29 is 9.90 Å². The predicted octanol–water partition coefficient (Wildman–Crippen LogP) is 3.65. The van der Waals surface area contributed by atoms with Crippen LogP contribution >= 0.6 is 0 Å². The van der Waals surface area contributed by atoms with Crippen LogP contribution < -0.4 is 0 Å². The number of nitrogens with zero attached hydrogens (tertiary/aromatic N) is 2. The maximum absolute atomic E-state index is 11.6. The van der Waals surface area contributed by atoms with Gasteiger partial charge in [-0.1, -0.05) is 24.6 Å². The van der Waals surface area contributed by atoms with Crippen LogP contribution in [0.4, 0.5) is 0 Å². The topological polar surface area (TPSA) is 55.1 Å². The van der Waals surface area contributed by atoms with Crippen LogP contribution in [0.25, 0.3) is 10.9 Å². The Morgan fingerprint density at radius 1 is 1.27 bits per heavy atom. The van der Waals surface area contributed by atoms with Gasteiger partial charge in [0.1, 0.15) is 5.69 Å². The molecule has 4 nitrogen and oxygen atoms in total. The number of pyridine rings is 1. The lowest BCUT2D eigenvalue weighted by Crippen LogP contribution is -2.11. The summed E-state index contributed by atoms with van der Waals surface area (Å²) in [4.78, 5) is 15.9. The standard InChI is InChI=1S/C18H18N2O2/c1-3-13-8-12(2)9-14-10-16(18(21)22)20(17(13)14)11-15-6-4-5-7-19-15/h4-10H,3,11H2,1-2H3,(H,21,22). The fraction of sp³-hybridized carbons (Fsp3) is 0.222. The van der Waals surface area contributed by atoms with E-state index in [4.69, 9.17) is 0 Å². The quantitative estimate of drug-likeness (QED) is 0.799. The lowest BCUT2D eigenvalue weighted by atomic mass is 10.1. The number of hydrogen-bond donors (Lipinski definition) is 1. The molecule has 0 aliphatic rings. The Morgan fingerprint density at radius 3 is 2.73 bits per heavy atom. The molecule has 0 unspecified atom stereocenters. The fourth-order valence-corrected chi connectivity index (χ4v) is 2.93. The summed E-state index contributed by atoms with van der Waals surface area (Å²) in [7, 11) is 0. The lowest BCUT2D eigenvalue weighted by Gasteiger charge is -2.11. The number of carbonyl (C=O) groups is 1. The molecule has 0 spiro atoms. The third-order valence-corrected chi connectivity index (χ3v) is 3.86. The largest absolute Gasteiger partial charge is 0.477 e. The van der Waals surface area contributed by atoms with Crippen molar-refractivity contribution >= 4 is 16.9 Å². The zero-order chi connectivity index (χ0) is 15.7. The summed E-state index contributed by atoms with van der Waals surface area (Å²) < 4.78 is 1.86. The van der Waals surface area contributed by atoms with E-state index >= 15 is 0 Å². The van der Waals surface area contributed by atoms with Gasteiger partial charge in [0.15, 0.2) is 0 Å². The molecule has 2 aromatic heterocycles. The van der Waals surface area contributed by atoms with Crippen LogP contribution in [0.1, 0.15) is 34.2 Å². The van der Waals surface area contributed by atoms with Gasteiger partial charge in [-0.3, -0.25) is 4.98 Å². The molecule has 0 saturated carbocycles. The van der Waals surface area contributed by atoms with Gasteiger partial charge in [-0.25, -0.2) is 4.79 Å².